The molecule has 1 aromatic heterocycles. The first-order chi connectivity index (χ1) is 8.21. The van der Waals surface area contributed by atoms with Crippen molar-refractivity contribution < 1.29 is 9.90 Å². The highest BCUT2D eigenvalue weighted by Crippen LogP contribution is 2.17. The number of thiophene rings is 1. The Morgan fingerprint density at radius 2 is 2.12 bits per heavy atom. The predicted octanol–water partition coefficient (Wildman–Crippen LogP) is 2.20. The van der Waals surface area contributed by atoms with Crippen LogP contribution in [0.3, 0.4) is 0 Å². The highest BCUT2D eigenvalue weighted by molar-refractivity contribution is 7.14. The van der Waals surface area contributed by atoms with Gasteiger partial charge in [0.15, 0.2) is 5.78 Å². The number of aryl methyl sites for hydroxylation is 1. The molecule has 0 aromatic carbocycles. The zero-order valence-electron chi connectivity index (χ0n) is 10.6. The first kappa shape index (κ1) is 14.4. The van der Waals surface area contributed by atoms with Crippen LogP contribution < -0.4 is 0 Å². The van der Waals surface area contributed by atoms with Crippen LogP contribution in [0.4, 0.5) is 0 Å². The van der Waals surface area contributed by atoms with Crippen LogP contribution in [-0.4, -0.2) is 42.0 Å². The molecule has 0 radical (unpaired) electrons. The van der Waals surface area contributed by atoms with Crippen LogP contribution in [-0.2, 0) is 6.42 Å². The maximum absolute atomic E-state index is 12.0. The molecule has 3 nitrogen and oxygen atoms in total. The largest absolute Gasteiger partial charge is 0.395 e. The van der Waals surface area contributed by atoms with Gasteiger partial charge in [0.2, 0.25) is 0 Å². The molecule has 0 unspecified atom stereocenters. The van der Waals surface area contributed by atoms with E-state index in [1.54, 1.807) is 11.3 Å². The molecule has 0 amide bonds. The van der Waals surface area contributed by atoms with E-state index in [4.69, 9.17) is 5.11 Å². The molecule has 17 heavy (non-hydrogen) atoms. The van der Waals surface area contributed by atoms with Crippen LogP contribution in [0.2, 0.25) is 0 Å². The molecule has 1 heterocycles. The van der Waals surface area contributed by atoms with Crippen molar-refractivity contribution in [2.45, 2.75) is 26.7 Å². The van der Waals surface area contributed by atoms with E-state index >= 15 is 0 Å². The van der Waals surface area contributed by atoms with Crippen molar-refractivity contribution in [1.29, 1.82) is 0 Å². The van der Waals surface area contributed by atoms with E-state index in [1.165, 1.54) is 4.88 Å². The number of nitrogens with zero attached hydrogens (tertiary/aromatic N) is 1. The van der Waals surface area contributed by atoms with Crippen LogP contribution in [0.15, 0.2) is 12.1 Å². The summed E-state index contributed by atoms with van der Waals surface area (Å²) in [5.74, 6) is 0.164. The fourth-order valence-corrected chi connectivity index (χ4v) is 2.60. The van der Waals surface area contributed by atoms with E-state index in [9.17, 15) is 4.79 Å². The number of ketones is 1. The standard InChI is InChI=1S/C13H21NO2S/c1-3-7-14(8-9-15)10-12(16)13-6-5-11(4-2)17-13/h5-6,15H,3-4,7-10H2,1-2H3. The fourth-order valence-electron chi connectivity index (χ4n) is 1.73. The Balaban J connectivity index is 2.56. The lowest BCUT2D eigenvalue weighted by molar-refractivity contribution is 0.0919. The van der Waals surface area contributed by atoms with Crippen molar-refractivity contribution in [3.05, 3.63) is 21.9 Å². The maximum atomic E-state index is 12.0. The Kier molecular flexibility index (Phi) is 6.40. The fraction of sp³-hybridized carbons (Fsp3) is 0.615. The van der Waals surface area contributed by atoms with E-state index in [-0.39, 0.29) is 12.4 Å². The summed E-state index contributed by atoms with van der Waals surface area (Å²) in [6.45, 7) is 6.13. The Bertz CT molecular complexity index is 343. The van der Waals surface area contributed by atoms with Gasteiger partial charge < -0.3 is 5.11 Å². The van der Waals surface area contributed by atoms with Crippen LogP contribution in [0, 0.1) is 0 Å². The minimum Gasteiger partial charge on any atom is -0.395 e. The summed E-state index contributed by atoms with van der Waals surface area (Å²) in [4.78, 5) is 16.1. The summed E-state index contributed by atoms with van der Waals surface area (Å²) < 4.78 is 0. The van der Waals surface area contributed by atoms with Gasteiger partial charge >= 0.3 is 0 Å². The second-order valence-electron chi connectivity index (χ2n) is 4.04. The van der Waals surface area contributed by atoms with Crippen LogP contribution in [0.1, 0.15) is 34.8 Å². The third-order valence-electron chi connectivity index (χ3n) is 2.61. The monoisotopic (exact) mass is 255 g/mol. The van der Waals surface area contributed by atoms with Gasteiger partial charge in [-0.3, -0.25) is 9.69 Å². The average Bonchev–Trinajstić information content (AvgIpc) is 2.78. The van der Waals surface area contributed by atoms with Gasteiger partial charge in [-0.2, -0.15) is 0 Å². The topological polar surface area (TPSA) is 40.5 Å². The van der Waals surface area contributed by atoms with Gasteiger partial charge in [0, 0.05) is 11.4 Å². The highest BCUT2D eigenvalue weighted by atomic mass is 32.1. The number of carbonyl (C=O) groups is 1. The molecule has 1 N–H and O–H groups in total. The number of rotatable bonds is 8. The second kappa shape index (κ2) is 7.58. The zero-order valence-corrected chi connectivity index (χ0v) is 11.4. The summed E-state index contributed by atoms with van der Waals surface area (Å²) in [6, 6.07) is 3.93. The van der Waals surface area contributed by atoms with Crippen molar-refractivity contribution in [2.75, 3.05) is 26.2 Å². The second-order valence-corrected chi connectivity index (χ2v) is 5.21. The summed E-state index contributed by atoms with van der Waals surface area (Å²) in [5, 5.41) is 8.94. The molecule has 0 atom stereocenters. The summed E-state index contributed by atoms with van der Waals surface area (Å²) in [6.07, 6.45) is 1.98. The average molecular weight is 255 g/mol. The molecule has 1 rings (SSSR count). The summed E-state index contributed by atoms with van der Waals surface area (Å²) in [5.41, 5.74) is 0. The quantitative estimate of drug-likeness (QED) is 0.724. The van der Waals surface area contributed by atoms with Crippen LogP contribution in [0.5, 0.6) is 0 Å². The van der Waals surface area contributed by atoms with Gasteiger partial charge in [-0.25, -0.2) is 0 Å². The summed E-state index contributed by atoms with van der Waals surface area (Å²) in [7, 11) is 0. The third kappa shape index (κ3) is 4.58. The lowest BCUT2D eigenvalue weighted by Crippen LogP contribution is -2.32. The van der Waals surface area contributed by atoms with E-state index < -0.39 is 0 Å². The third-order valence-corrected chi connectivity index (χ3v) is 3.88. The van der Waals surface area contributed by atoms with Crippen molar-refractivity contribution in [3.63, 3.8) is 0 Å². The molecule has 0 aliphatic rings. The Morgan fingerprint density at radius 3 is 2.65 bits per heavy atom. The lowest BCUT2D eigenvalue weighted by Gasteiger charge is -2.18. The van der Waals surface area contributed by atoms with Crippen LogP contribution in [0.25, 0.3) is 0 Å². The first-order valence-corrected chi connectivity index (χ1v) is 6.98. The zero-order chi connectivity index (χ0) is 12.7. The normalized spacial score (nSPS) is 11.1. The molecule has 0 spiro atoms. The van der Waals surface area contributed by atoms with Gasteiger partial charge in [0.05, 0.1) is 18.0 Å². The number of Topliss-reactive ketones (excluding diaryl/α,β-unsaturated/α-hetero) is 1. The Labute approximate surface area is 107 Å². The molecule has 0 saturated carbocycles. The van der Waals surface area contributed by atoms with Gasteiger partial charge in [-0.05, 0) is 31.5 Å². The molecule has 0 bridgehead atoms. The number of aliphatic hydroxyl groups excluding tert-OH is 1. The Hall–Kier alpha value is -0.710. The van der Waals surface area contributed by atoms with Crippen molar-refractivity contribution >= 4 is 17.1 Å². The molecule has 0 aliphatic carbocycles. The lowest BCUT2D eigenvalue weighted by atomic mass is 10.2. The Morgan fingerprint density at radius 1 is 1.35 bits per heavy atom. The maximum Gasteiger partial charge on any atom is 0.186 e. The molecule has 96 valence electrons. The van der Waals surface area contributed by atoms with E-state index in [2.05, 4.69) is 13.8 Å². The van der Waals surface area contributed by atoms with Gasteiger partial charge in [-0.1, -0.05) is 13.8 Å². The molecular formula is C13H21NO2S. The van der Waals surface area contributed by atoms with E-state index in [1.807, 2.05) is 17.0 Å². The molecule has 1 aromatic rings. The number of carbonyl (C=O) groups excluding carboxylic acids is 1. The van der Waals surface area contributed by atoms with Gasteiger partial charge in [0.25, 0.3) is 0 Å². The number of hydrogen-bond donors (Lipinski definition) is 1. The van der Waals surface area contributed by atoms with Gasteiger partial charge in [0.1, 0.15) is 0 Å². The molecule has 0 fully saturated rings. The van der Waals surface area contributed by atoms with E-state index in [0.717, 1.165) is 24.3 Å². The van der Waals surface area contributed by atoms with Crippen molar-refractivity contribution in [1.82, 2.24) is 4.90 Å². The molecule has 0 aliphatic heterocycles. The number of hydrogen-bond acceptors (Lipinski definition) is 4. The van der Waals surface area contributed by atoms with Crippen molar-refractivity contribution in [2.24, 2.45) is 0 Å². The van der Waals surface area contributed by atoms with Crippen molar-refractivity contribution in [3.8, 4) is 0 Å². The molecule has 4 heteroatoms. The number of aliphatic hydroxyl groups is 1. The predicted molar refractivity (Wildman–Crippen MR) is 71.8 cm³/mol. The van der Waals surface area contributed by atoms with Crippen LogP contribution >= 0.6 is 11.3 Å². The van der Waals surface area contributed by atoms with E-state index in [0.29, 0.717) is 13.1 Å². The minimum atomic E-state index is 0.109. The smallest absolute Gasteiger partial charge is 0.186 e. The minimum absolute atomic E-state index is 0.109. The summed E-state index contributed by atoms with van der Waals surface area (Å²) >= 11 is 1.58. The van der Waals surface area contributed by atoms with Gasteiger partial charge in [-0.15, -0.1) is 11.3 Å². The highest BCUT2D eigenvalue weighted by Gasteiger charge is 2.13. The first-order valence-electron chi connectivity index (χ1n) is 6.16. The SMILES string of the molecule is CCCN(CCO)CC(=O)c1ccc(CC)s1. The molecule has 0 saturated heterocycles. The molecular weight excluding hydrogens is 234 g/mol.